The third kappa shape index (κ3) is 9.79. The molecule has 0 radical (unpaired) electrons. The first-order chi connectivity index (χ1) is 11.4. The molecule has 0 aliphatic carbocycles. The van der Waals surface area contributed by atoms with Crippen molar-refractivity contribution in [3.8, 4) is 5.75 Å². The number of carboxylic acids is 1. The van der Waals surface area contributed by atoms with E-state index < -0.39 is 5.97 Å². The van der Waals surface area contributed by atoms with Gasteiger partial charge in [0, 0.05) is 5.57 Å². The van der Waals surface area contributed by atoms with Crippen molar-refractivity contribution in [3.63, 3.8) is 0 Å². The van der Waals surface area contributed by atoms with E-state index in [0.29, 0.717) is 5.75 Å². The van der Waals surface area contributed by atoms with E-state index in [0.717, 1.165) is 12.0 Å². The molecule has 0 aromatic heterocycles. The minimum absolute atomic E-state index is 0.176. The van der Waals surface area contributed by atoms with E-state index in [4.69, 9.17) is 5.11 Å². The summed E-state index contributed by atoms with van der Waals surface area (Å²) in [7, 11) is 0. The lowest BCUT2D eigenvalue weighted by Gasteiger charge is -1.97. The van der Waals surface area contributed by atoms with Crippen molar-refractivity contribution in [2.45, 2.75) is 13.3 Å². The Morgan fingerprint density at radius 1 is 1.04 bits per heavy atom. The first-order valence-corrected chi connectivity index (χ1v) is 7.36. The first-order valence-electron chi connectivity index (χ1n) is 7.36. The zero-order valence-corrected chi connectivity index (χ0v) is 14.0. The summed E-state index contributed by atoms with van der Waals surface area (Å²) < 4.78 is 0. The molecule has 2 aromatic carbocycles. The van der Waals surface area contributed by atoms with Gasteiger partial charge in [-0.25, -0.2) is 4.79 Å². The Morgan fingerprint density at radius 2 is 1.54 bits per heavy atom. The van der Waals surface area contributed by atoms with Gasteiger partial charge in [0.05, 0.1) is 0 Å². The van der Waals surface area contributed by atoms with Gasteiger partial charge in [-0.1, -0.05) is 73.8 Å². The van der Waals surface area contributed by atoms with Crippen LogP contribution in [0.3, 0.4) is 0 Å². The van der Waals surface area contributed by atoms with Crippen molar-refractivity contribution in [1.29, 1.82) is 0 Å². The van der Waals surface area contributed by atoms with Crippen LogP contribution in [0.1, 0.15) is 18.1 Å². The van der Waals surface area contributed by atoms with Crippen LogP contribution in [-0.2, 0) is 11.2 Å². The number of benzene rings is 2. The van der Waals surface area contributed by atoms with Gasteiger partial charge in [0.1, 0.15) is 5.75 Å². The molecule has 2 N–H and O–H groups in total. The number of hydrogen-bond donors (Lipinski definition) is 2. The Labute approximate surface area is 143 Å². The molecule has 0 atom stereocenters. The number of phenolic OH excluding ortho intramolecular Hbond substituents is 1. The zero-order chi connectivity index (χ0) is 18.4. The summed E-state index contributed by atoms with van der Waals surface area (Å²) >= 11 is 0. The van der Waals surface area contributed by atoms with E-state index in [9.17, 15) is 9.90 Å². The second-order valence-corrected chi connectivity index (χ2v) is 4.82. The van der Waals surface area contributed by atoms with Crippen molar-refractivity contribution < 1.29 is 15.0 Å². The highest BCUT2D eigenvalue weighted by Crippen LogP contribution is 2.15. The normalized spacial score (nSPS) is 8.54. The molecule has 24 heavy (non-hydrogen) atoms. The molecular formula is C21H24O3. The lowest BCUT2D eigenvalue weighted by atomic mass is 10.1. The maximum Gasteiger partial charge on any atom is 0.330 e. The van der Waals surface area contributed by atoms with Crippen molar-refractivity contribution >= 4 is 12.0 Å². The number of para-hydroxylation sites is 1. The monoisotopic (exact) mass is 324 g/mol. The van der Waals surface area contributed by atoms with E-state index in [1.54, 1.807) is 12.1 Å². The van der Waals surface area contributed by atoms with Crippen LogP contribution in [0.5, 0.6) is 5.75 Å². The summed E-state index contributed by atoms with van der Waals surface area (Å²) in [5.74, 6) is -0.586. The van der Waals surface area contributed by atoms with Crippen molar-refractivity contribution in [2.75, 3.05) is 0 Å². The highest BCUT2D eigenvalue weighted by atomic mass is 16.4. The molecule has 0 saturated heterocycles. The Kier molecular flexibility index (Phi) is 10.9. The summed E-state index contributed by atoms with van der Waals surface area (Å²) in [5, 5.41) is 17.1. The molecule has 2 rings (SSSR count). The molecule has 3 nitrogen and oxygen atoms in total. The van der Waals surface area contributed by atoms with Crippen molar-refractivity contribution in [2.24, 2.45) is 0 Å². The quantitative estimate of drug-likeness (QED) is 0.608. The lowest BCUT2D eigenvalue weighted by molar-refractivity contribution is -0.132. The maximum atomic E-state index is 9.60. The number of allylic oxidation sites excluding steroid dienone is 1. The summed E-state index contributed by atoms with van der Waals surface area (Å²) in [6, 6.07) is 17.3. The predicted molar refractivity (Wildman–Crippen MR) is 101 cm³/mol. The van der Waals surface area contributed by atoms with Gasteiger partial charge in [-0.05, 0) is 30.5 Å². The molecule has 0 heterocycles. The molecule has 0 saturated carbocycles. The van der Waals surface area contributed by atoms with E-state index in [-0.39, 0.29) is 5.57 Å². The summed E-state index contributed by atoms with van der Waals surface area (Å²) in [4.78, 5) is 9.60. The van der Waals surface area contributed by atoms with Gasteiger partial charge in [-0.15, -0.1) is 6.58 Å². The largest absolute Gasteiger partial charge is 0.508 e. The number of hydrogen-bond acceptors (Lipinski definition) is 2. The maximum absolute atomic E-state index is 9.60. The van der Waals surface area contributed by atoms with Crippen LogP contribution in [0.15, 0.2) is 86.0 Å². The summed E-state index contributed by atoms with van der Waals surface area (Å²) in [6.07, 6.45) is 4.34. The second-order valence-electron chi connectivity index (χ2n) is 4.82. The minimum Gasteiger partial charge on any atom is -0.508 e. The molecule has 0 aliphatic heterocycles. The van der Waals surface area contributed by atoms with Gasteiger partial charge < -0.3 is 10.2 Å². The van der Waals surface area contributed by atoms with Gasteiger partial charge in [0.25, 0.3) is 0 Å². The van der Waals surface area contributed by atoms with Gasteiger partial charge in [-0.3, -0.25) is 0 Å². The number of carbonyl (C=O) groups is 1. The summed E-state index contributed by atoms with van der Waals surface area (Å²) in [5.41, 5.74) is 2.28. The zero-order valence-electron chi connectivity index (χ0n) is 14.0. The second kappa shape index (κ2) is 12.5. The molecule has 0 bridgehead atoms. The van der Waals surface area contributed by atoms with E-state index >= 15 is 0 Å². The van der Waals surface area contributed by atoms with Crippen LogP contribution in [-0.4, -0.2) is 16.2 Å². The molecule has 0 amide bonds. The minimum atomic E-state index is -0.935. The molecular weight excluding hydrogens is 300 g/mol. The fourth-order valence-electron chi connectivity index (χ4n) is 1.43. The van der Waals surface area contributed by atoms with E-state index in [2.05, 4.69) is 19.7 Å². The van der Waals surface area contributed by atoms with E-state index in [1.807, 2.05) is 54.6 Å². The fraction of sp³-hybridized carbons (Fsp3) is 0.0952. The van der Waals surface area contributed by atoms with Crippen LogP contribution in [0.25, 0.3) is 6.08 Å². The molecule has 0 spiro atoms. The third-order valence-electron chi connectivity index (χ3n) is 2.76. The first kappa shape index (κ1) is 20.9. The molecule has 0 unspecified atom stereocenters. The van der Waals surface area contributed by atoms with Gasteiger partial charge in [0.2, 0.25) is 0 Å². The average molecular weight is 324 g/mol. The SMILES string of the molecule is C=C(C)C(=O)O.C=CCc1ccccc1O.C=Cc1ccccc1. The molecule has 0 fully saturated rings. The highest BCUT2D eigenvalue weighted by molar-refractivity contribution is 5.84. The molecule has 2 aromatic rings. The predicted octanol–water partition coefficient (Wildman–Crippen LogP) is 5.10. The topological polar surface area (TPSA) is 57.5 Å². The Balaban J connectivity index is 0.000000343. The van der Waals surface area contributed by atoms with Crippen LogP contribution in [0.2, 0.25) is 0 Å². The average Bonchev–Trinajstić information content (AvgIpc) is 2.59. The Bertz CT molecular complexity index is 646. The van der Waals surface area contributed by atoms with Gasteiger partial charge in [-0.2, -0.15) is 0 Å². The van der Waals surface area contributed by atoms with Gasteiger partial charge in [0.15, 0.2) is 0 Å². The van der Waals surface area contributed by atoms with Crippen LogP contribution in [0, 0.1) is 0 Å². The molecule has 126 valence electrons. The fourth-order valence-corrected chi connectivity index (χ4v) is 1.43. The van der Waals surface area contributed by atoms with Gasteiger partial charge >= 0.3 is 5.97 Å². The smallest absolute Gasteiger partial charge is 0.330 e. The number of carboxylic acid groups (broad SMARTS) is 1. The number of rotatable bonds is 4. The molecule has 0 aliphatic rings. The van der Waals surface area contributed by atoms with Crippen molar-refractivity contribution in [1.82, 2.24) is 0 Å². The van der Waals surface area contributed by atoms with Crippen molar-refractivity contribution in [3.05, 3.63) is 97.1 Å². The standard InChI is InChI=1S/C9H10O.C8H8.C4H6O2/c1-2-5-8-6-3-4-7-9(8)10;1-2-8-6-4-3-5-7-8;1-3(2)4(5)6/h2-4,6-7,10H,1,5H2;2-7H,1H2;1H2,2H3,(H,5,6). The number of aromatic hydroxyl groups is 1. The number of phenols is 1. The molecule has 3 heteroatoms. The van der Waals surface area contributed by atoms with Crippen LogP contribution < -0.4 is 0 Å². The van der Waals surface area contributed by atoms with E-state index in [1.165, 1.54) is 12.5 Å². The number of aliphatic carboxylic acids is 1. The Morgan fingerprint density at radius 3 is 1.92 bits per heavy atom. The highest BCUT2D eigenvalue weighted by Gasteiger charge is 1.93. The lowest BCUT2D eigenvalue weighted by Crippen LogP contribution is -1.92. The summed E-state index contributed by atoms with van der Waals surface area (Å²) in [6.45, 7) is 11.8. The van der Waals surface area contributed by atoms with Crippen LogP contribution >= 0.6 is 0 Å². The third-order valence-corrected chi connectivity index (χ3v) is 2.76. The van der Waals surface area contributed by atoms with Crippen LogP contribution in [0.4, 0.5) is 0 Å². The Hall–Kier alpha value is -3.07.